The van der Waals surface area contributed by atoms with Crippen LogP contribution in [-0.4, -0.2) is 49.8 Å². The van der Waals surface area contributed by atoms with Gasteiger partial charge in [-0.2, -0.15) is 0 Å². The Morgan fingerprint density at radius 2 is 1.60 bits per heavy atom. The van der Waals surface area contributed by atoms with E-state index in [0.717, 1.165) is 15.4 Å². The van der Waals surface area contributed by atoms with E-state index in [2.05, 4.69) is 15.3 Å². The molecular weight excluding hydrogens is 711 g/mol. The highest BCUT2D eigenvalue weighted by atomic mass is 32.2. The van der Waals surface area contributed by atoms with E-state index in [4.69, 9.17) is 19.6 Å². The second-order valence-electron chi connectivity index (χ2n) is 12.1. The number of carbonyl (C=O) groups excluding carboxylic acids is 1. The Balaban J connectivity index is 1.41. The number of azide groups is 1. The molecule has 0 saturated heterocycles. The lowest BCUT2D eigenvalue weighted by atomic mass is 9.84. The molecule has 1 heterocycles. The van der Waals surface area contributed by atoms with Gasteiger partial charge in [-0.3, -0.25) is 4.79 Å². The quantitative estimate of drug-likeness (QED) is 0.0447. The molecule has 0 aliphatic carbocycles. The van der Waals surface area contributed by atoms with Crippen molar-refractivity contribution in [3.63, 3.8) is 0 Å². The van der Waals surface area contributed by atoms with Gasteiger partial charge < -0.3 is 19.9 Å². The number of aliphatic imine (C=N–C) groups is 1. The number of amides is 1. The lowest BCUT2D eigenvalue weighted by Crippen LogP contribution is -2.49. The van der Waals surface area contributed by atoms with Gasteiger partial charge in [-0.25, -0.2) is 13.4 Å². The summed E-state index contributed by atoms with van der Waals surface area (Å²) in [6, 6.07) is 39.3. The van der Waals surface area contributed by atoms with Gasteiger partial charge in [0, 0.05) is 57.5 Å². The third-order valence-corrected chi connectivity index (χ3v) is 11.5. The van der Waals surface area contributed by atoms with Crippen LogP contribution in [0.15, 0.2) is 158 Å². The van der Waals surface area contributed by atoms with Crippen LogP contribution in [0.4, 0.5) is 5.69 Å². The first-order valence-electron chi connectivity index (χ1n) is 16.9. The van der Waals surface area contributed by atoms with E-state index in [1.807, 2.05) is 54.6 Å². The molecule has 13 heteroatoms. The third kappa shape index (κ3) is 8.90. The molecule has 1 amide bonds. The number of ether oxygens (including phenoxy) is 2. The summed E-state index contributed by atoms with van der Waals surface area (Å²) in [6.07, 6.45) is -0.944. The molecule has 6 rings (SSSR count). The molecule has 11 nitrogen and oxygen atoms in total. The molecular formula is C40H37N5O6S2. The summed E-state index contributed by atoms with van der Waals surface area (Å²) in [5.74, 6) is -0.306. The van der Waals surface area contributed by atoms with Crippen LogP contribution < -0.4 is 10.1 Å². The molecule has 5 aromatic carbocycles. The van der Waals surface area contributed by atoms with Crippen molar-refractivity contribution in [2.45, 2.75) is 45.7 Å². The molecule has 2 N–H and O–H groups in total. The van der Waals surface area contributed by atoms with Crippen molar-refractivity contribution in [2.24, 2.45) is 10.1 Å². The van der Waals surface area contributed by atoms with E-state index < -0.39 is 33.1 Å². The molecule has 0 spiro atoms. The molecule has 5 aromatic rings. The number of nitrogens with one attached hydrogen (secondary N) is 1. The molecule has 0 radical (unpaired) electrons. The Kier molecular flexibility index (Phi) is 12.1. The summed E-state index contributed by atoms with van der Waals surface area (Å²) < 4.78 is 39.7. The lowest BCUT2D eigenvalue weighted by Gasteiger charge is -2.31. The smallest absolute Gasteiger partial charge is 0.252 e. The summed E-state index contributed by atoms with van der Waals surface area (Å²) in [5.41, 5.74) is 9.60. The molecule has 270 valence electrons. The van der Waals surface area contributed by atoms with Crippen LogP contribution >= 0.6 is 11.8 Å². The minimum atomic E-state index is -3.88. The van der Waals surface area contributed by atoms with Crippen LogP contribution in [0.5, 0.6) is 5.75 Å². The number of benzene rings is 5. The van der Waals surface area contributed by atoms with Crippen molar-refractivity contribution < 1.29 is 27.8 Å². The number of aliphatic hydroxyl groups is 1. The van der Waals surface area contributed by atoms with Crippen molar-refractivity contribution in [1.29, 1.82) is 0 Å². The molecule has 0 bridgehead atoms. The number of carbonyl (C=O) groups is 1. The molecule has 0 fully saturated rings. The van der Waals surface area contributed by atoms with Crippen LogP contribution in [0.25, 0.3) is 10.4 Å². The average Bonchev–Trinajstić information content (AvgIpc) is 3.59. The predicted octanol–water partition coefficient (Wildman–Crippen LogP) is 7.98. The largest absolute Gasteiger partial charge is 0.494 e. The standard InChI is InChI=1S/C40H37N5O6S2/c41-45-44-35-18-9-8-17-34(35)37-40(24-27-53(48,49)33-15-5-2-6-16-33,43-38(51-37)29-20-22-31(23-21-29)50-26-11-25-46)39(47)42-28-30-12-7-10-19-36(30)52-32-13-3-1-4-14-32/h1-10,12-23,37,46H,11,24-28H2,(H,42,47)/t37-,40-/m1/s1. The van der Waals surface area contributed by atoms with E-state index in [1.165, 1.54) is 12.1 Å². The van der Waals surface area contributed by atoms with Crippen molar-refractivity contribution in [3.8, 4) is 5.75 Å². The highest BCUT2D eigenvalue weighted by molar-refractivity contribution is 7.99. The number of hydrogen-bond acceptors (Lipinski definition) is 9. The van der Waals surface area contributed by atoms with Crippen molar-refractivity contribution in [3.05, 3.63) is 161 Å². The van der Waals surface area contributed by atoms with Crippen LogP contribution in [0.2, 0.25) is 0 Å². The van der Waals surface area contributed by atoms with Crippen molar-refractivity contribution in [1.82, 2.24) is 5.32 Å². The van der Waals surface area contributed by atoms with Crippen LogP contribution in [0, 0.1) is 0 Å². The predicted molar refractivity (Wildman–Crippen MR) is 204 cm³/mol. The fourth-order valence-electron chi connectivity index (χ4n) is 5.92. The first kappa shape index (κ1) is 37.2. The Bertz CT molecular complexity index is 2210. The van der Waals surface area contributed by atoms with E-state index >= 15 is 0 Å². The SMILES string of the molecule is [N-]=[N+]=Nc1ccccc1[C@H]1OC(c2ccc(OCCCO)cc2)=N[C@@]1(CCS(=O)(=O)c1ccccc1)C(=O)NCc1ccccc1Sc1ccccc1. The first-order chi connectivity index (χ1) is 25.8. The van der Waals surface area contributed by atoms with Gasteiger partial charge in [0.2, 0.25) is 5.90 Å². The molecule has 53 heavy (non-hydrogen) atoms. The average molecular weight is 748 g/mol. The third-order valence-electron chi connectivity index (χ3n) is 8.64. The molecule has 0 unspecified atom stereocenters. The summed E-state index contributed by atoms with van der Waals surface area (Å²) in [6.45, 7) is 0.457. The number of sulfone groups is 1. The molecule has 1 aliphatic rings. The van der Waals surface area contributed by atoms with Gasteiger partial charge in [0.1, 0.15) is 5.75 Å². The first-order valence-corrected chi connectivity index (χ1v) is 19.4. The van der Waals surface area contributed by atoms with Crippen molar-refractivity contribution in [2.75, 3.05) is 19.0 Å². The Morgan fingerprint density at radius 3 is 2.34 bits per heavy atom. The zero-order valence-corrected chi connectivity index (χ0v) is 30.2. The minimum absolute atomic E-state index is 0.00300. The highest BCUT2D eigenvalue weighted by Gasteiger charge is 2.54. The monoisotopic (exact) mass is 747 g/mol. The van der Waals surface area contributed by atoms with Gasteiger partial charge in [0.25, 0.3) is 5.91 Å². The van der Waals surface area contributed by atoms with Gasteiger partial charge in [-0.15, -0.1) is 0 Å². The lowest BCUT2D eigenvalue weighted by molar-refractivity contribution is -0.129. The maximum absolute atomic E-state index is 14.9. The normalized spacial score (nSPS) is 16.5. The van der Waals surface area contributed by atoms with E-state index in [9.17, 15) is 18.7 Å². The molecule has 1 aliphatic heterocycles. The number of aliphatic hydroxyl groups excluding tert-OH is 1. The topological polar surface area (TPSA) is 163 Å². The van der Waals surface area contributed by atoms with E-state index in [1.54, 1.807) is 78.5 Å². The number of nitrogens with zero attached hydrogens (tertiary/aromatic N) is 4. The Hall–Kier alpha value is -5.59. The van der Waals surface area contributed by atoms with Crippen LogP contribution in [0.1, 0.15) is 35.6 Å². The van der Waals surface area contributed by atoms with E-state index in [-0.39, 0.29) is 36.1 Å². The van der Waals surface area contributed by atoms with Crippen molar-refractivity contribution >= 4 is 39.1 Å². The van der Waals surface area contributed by atoms with Crippen LogP contribution in [-0.2, 0) is 25.9 Å². The highest BCUT2D eigenvalue weighted by Crippen LogP contribution is 2.46. The fraction of sp³-hybridized carbons (Fsp3) is 0.200. The Labute approximate surface area is 312 Å². The summed E-state index contributed by atoms with van der Waals surface area (Å²) in [7, 11) is -3.88. The zero-order valence-electron chi connectivity index (χ0n) is 28.6. The fourth-order valence-corrected chi connectivity index (χ4v) is 8.28. The zero-order chi connectivity index (χ0) is 37.1. The van der Waals surface area contributed by atoms with Crippen LogP contribution in [0.3, 0.4) is 0 Å². The van der Waals surface area contributed by atoms with Gasteiger partial charge in [-0.1, -0.05) is 95.7 Å². The summed E-state index contributed by atoms with van der Waals surface area (Å²) in [5, 5.41) is 16.1. The second kappa shape index (κ2) is 17.3. The minimum Gasteiger partial charge on any atom is -0.494 e. The summed E-state index contributed by atoms with van der Waals surface area (Å²) >= 11 is 1.57. The number of hydrogen-bond donors (Lipinski definition) is 2. The Morgan fingerprint density at radius 1 is 0.925 bits per heavy atom. The van der Waals surface area contributed by atoms with E-state index in [0.29, 0.717) is 29.9 Å². The van der Waals surface area contributed by atoms with Gasteiger partial charge in [-0.05, 0) is 65.7 Å². The maximum atomic E-state index is 14.9. The molecule has 2 atom stereocenters. The van der Waals surface area contributed by atoms with Gasteiger partial charge in [0.15, 0.2) is 21.5 Å². The van der Waals surface area contributed by atoms with Gasteiger partial charge >= 0.3 is 0 Å². The second-order valence-corrected chi connectivity index (χ2v) is 15.3. The maximum Gasteiger partial charge on any atom is 0.252 e. The number of rotatable bonds is 16. The summed E-state index contributed by atoms with van der Waals surface area (Å²) in [4.78, 5) is 24.9. The molecule has 0 aromatic heterocycles. The van der Waals surface area contributed by atoms with Gasteiger partial charge in [0.05, 0.1) is 17.3 Å². The molecule has 0 saturated carbocycles.